The molecular formula is C21H24O3S. The number of hydrogen-bond donors (Lipinski definition) is 0. The standard InChI is InChI=1S/C21H24O3S/c1-15-10-12-17(13-11-15)25(23,24)21(14-18(21)20(2,3)4)19(22)16-8-6-5-7-9-16/h5-13,18H,14H2,1-4H3/t18-,21-/m0/s1. The van der Waals surface area contributed by atoms with Crippen molar-refractivity contribution in [3.05, 3.63) is 65.7 Å². The fraction of sp³-hybridized carbons (Fsp3) is 0.381. The summed E-state index contributed by atoms with van der Waals surface area (Å²) in [6.07, 6.45) is 0.375. The molecule has 2 aromatic rings. The second kappa shape index (κ2) is 5.80. The van der Waals surface area contributed by atoms with Gasteiger partial charge in [0.25, 0.3) is 0 Å². The minimum Gasteiger partial charge on any atom is -0.292 e. The molecule has 3 nitrogen and oxygen atoms in total. The first-order valence-corrected chi connectivity index (χ1v) is 10.0. The third-order valence-corrected chi connectivity index (χ3v) is 7.68. The molecule has 1 aliphatic rings. The normalized spacial score (nSPS) is 23.3. The highest BCUT2D eigenvalue weighted by Crippen LogP contribution is 2.61. The first-order chi connectivity index (χ1) is 11.6. The van der Waals surface area contributed by atoms with Gasteiger partial charge in [-0.25, -0.2) is 8.42 Å². The van der Waals surface area contributed by atoms with Crippen molar-refractivity contribution >= 4 is 15.6 Å². The topological polar surface area (TPSA) is 51.2 Å². The van der Waals surface area contributed by atoms with E-state index in [4.69, 9.17) is 0 Å². The van der Waals surface area contributed by atoms with Crippen LogP contribution < -0.4 is 0 Å². The zero-order valence-corrected chi connectivity index (χ0v) is 15.9. The Labute approximate surface area is 150 Å². The maximum atomic E-state index is 13.5. The molecule has 0 radical (unpaired) electrons. The van der Waals surface area contributed by atoms with Crippen LogP contribution in [-0.4, -0.2) is 18.9 Å². The second-order valence-corrected chi connectivity index (χ2v) is 10.2. The highest BCUT2D eigenvalue weighted by atomic mass is 32.2. The summed E-state index contributed by atoms with van der Waals surface area (Å²) in [7, 11) is -3.77. The molecule has 0 spiro atoms. The van der Waals surface area contributed by atoms with Gasteiger partial charge in [-0.1, -0.05) is 68.8 Å². The lowest BCUT2D eigenvalue weighted by Gasteiger charge is -2.24. The van der Waals surface area contributed by atoms with Crippen molar-refractivity contribution in [3.8, 4) is 0 Å². The summed E-state index contributed by atoms with van der Waals surface area (Å²) >= 11 is 0. The molecule has 2 aromatic carbocycles. The van der Waals surface area contributed by atoms with Gasteiger partial charge in [-0.15, -0.1) is 0 Å². The summed E-state index contributed by atoms with van der Waals surface area (Å²) < 4.78 is 25.6. The van der Waals surface area contributed by atoms with Crippen LogP contribution in [0.5, 0.6) is 0 Å². The number of carbonyl (C=O) groups is 1. The van der Waals surface area contributed by atoms with E-state index in [1.54, 1.807) is 48.5 Å². The molecule has 3 rings (SSSR count). The van der Waals surface area contributed by atoms with Crippen LogP contribution in [-0.2, 0) is 9.84 Å². The van der Waals surface area contributed by atoms with Crippen LogP contribution in [0.2, 0.25) is 0 Å². The van der Waals surface area contributed by atoms with Crippen molar-refractivity contribution in [2.24, 2.45) is 11.3 Å². The highest BCUT2D eigenvalue weighted by molar-refractivity contribution is 7.94. The van der Waals surface area contributed by atoms with Crippen molar-refractivity contribution in [2.75, 3.05) is 0 Å². The van der Waals surface area contributed by atoms with Crippen LogP contribution in [0.25, 0.3) is 0 Å². The first-order valence-electron chi connectivity index (χ1n) is 8.52. The Morgan fingerprint density at radius 3 is 2.04 bits per heavy atom. The number of rotatable bonds is 4. The van der Waals surface area contributed by atoms with Crippen LogP contribution >= 0.6 is 0 Å². The van der Waals surface area contributed by atoms with E-state index in [-0.39, 0.29) is 22.0 Å². The quantitative estimate of drug-likeness (QED) is 0.760. The Kier molecular flexibility index (Phi) is 4.15. The molecule has 0 aliphatic heterocycles. The molecule has 0 unspecified atom stereocenters. The van der Waals surface area contributed by atoms with Gasteiger partial charge < -0.3 is 0 Å². The molecule has 132 valence electrons. The summed E-state index contributed by atoms with van der Waals surface area (Å²) in [6.45, 7) is 7.92. The molecule has 1 fully saturated rings. The van der Waals surface area contributed by atoms with Gasteiger partial charge in [0.15, 0.2) is 15.6 Å². The second-order valence-electron chi connectivity index (χ2n) is 8.02. The van der Waals surface area contributed by atoms with E-state index in [9.17, 15) is 13.2 Å². The lowest BCUT2D eigenvalue weighted by atomic mass is 9.87. The minimum atomic E-state index is -3.77. The minimum absolute atomic E-state index is 0.195. The predicted molar refractivity (Wildman–Crippen MR) is 99.4 cm³/mol. The Morgan fingerprint density at radius 2 is 1.56 bits per heavy atom. The number of sulfone groups is 1. The number of Topliss-reactive ketones (excluding diaryl/α,β-unsaturated/α-hetero) is 1. The maximum Gasteiger partial charge on any atom is 0.191 e. The van der Waals surface area contributed by atoms with Crippen LogP contribution in [0.15, 0.2) is 59.5 Å². The number of hydrogen-bond acceptors (Lipinski definition) is 3. The molecule has 2 atom stereocenters. The summed E-state index contributed by atoms with van der Waals surface area (Å²) in [4.78, 5) is 13.5. The maximum absolute atomic E-state index is 13.5. The molecule has 0 saturated heterocycles. The molecule has 4 heteroatoms. The van der Waals surface area contributed by atoms with E-state index in [0.717, 1.165) is 5.56 Å². The third-order valence-electron chi connectivity index (χ3n) is 5.19. The van der Waals surface area contributed by atoms with Gasteiger partial charge in [0.05, 0.1) is 4.90 Å². The largest absolute Gasteiger partial charge is 0.292 e. The van der Waals surface area contributed by atoms with Gasteiger partial charge in [-0.3, -0.25) is 4.79 Å². The number of ketones is 1. The summed E-state index contributed by atoms with van der Waals surface area (Å²) in [5, 5.41) is 0. The molecule has 0 heterocycles. The third kappa shape index (κ3) is 2.82. The van der Waals surface area contributed by atoms with Crippen LogP contribution in [0, 0.1) is 18.3 Å². The van der Waals surface area contributed by atoms with E-state index in [1.165, 1.54) is 0 Å². The molecule has 0 N–H and O–H groups in total. The molecule has 0 bridgehead atoms. The number of aryl methyl sites for hydroxylation is 1. The van der Waals surface area contributed by atoms with E-state index >= 15 is 0 Å². The van der Waals surface area contributed by atoms with E-state index in [1.807, 2.05) is 33.8 Å². The number of carbonyl (C=O) groups excluding carboxylic acids is 1. The molecule has 1 aliphatic carbocycles. The van der Waals surface area contributed by atoms with Crippen LogP contribution in [0.3, 0.4) is 0 Å². The summed E-state index contributed by atoms with van der Waals surface area (Å²) in [5.74, 6) is -0.479. The van der Waals surface area contributed by atoms with Crippen LogP contribution in [0.1, 0.15) is 43.1 Å². The zero-order valence-electron chi connectivity index (χ0n) is 15.1. The van der Waals surface area contributed by atoms with Gasteiger partial charge >= 0.3 is 0 Å². The van der Waals surface area contributed by atoms with Gasteiger partial charge in [0.2, 0.25) is 0 Å². The van der Waals surface area contributed by atoms with Crippen LogP contribution in [0.4, 0.5) is 0 Å². The SMILES string of the molecule is Cc1ccc(S(=O)(=O)[C@@]2(C(=O)c3ccccc3)C[C@H]2C(C)(C)C)cc1. The lowest BCUT2D eigenvalue weighted by Crippen LogP contribution is -2.38. The van der Waals surface area contributed by atoms with E-state index in [0.29, 0.717) is 12.0 Å². The molecule has 25 heavy (non-hydrogen) atoms. The lowest BCUT2D eigenvalue weighted by molar-refractivity contribution is 0.0962. The Balaban J connectivity index is 2.14. The fourth-order valence-corrected chi connectivity index (χ4v) is 6.07. The monoisotopic (exact) mass is 356 g/mol. The van der Waals surface area contributed by atoms with Crippen molar-refractivity contribution in [1.82, 2.24) is 0 Å². The summed E-state index contributed by atoms with van der Waals surface area (Å²) in [6, 6.07) is 15.6. The Morgan fingerprint density at radius 1 is 1.00 bits per heavy atom. The molecule has 0 amide bonds. The predicted octanol–water partition coefficient (Wildman–Crippen LogP) is 4.46. The van der Waals surface area contributed by atoms with Gasteiger partial charge in [-0.05, 0) is 36.8 Å². The summed E-state index contributed by atoms with van der Waals surface area (Å²) in [5.41, 5.74) is 1.19. The molecule has 0 aromatic heterocycles. The van der Waals surface area contributed by atoms with Gasteiger partial charge in [0, 0.05) is 5.56 Å². The highest BCUT2D eigenvalue weighted by Gasteiger charge is 2.71. The smallest absolute Gasteiger partial charge is 0.191 e. The van der Waals surface area contributed by atoms with Crippen molar-refractivity contribution in [1.29, 1.82) is 0 Å². The molecular weight excluding hydrogens is 332 g/mol. The fourth-order valence-electron chi connectivity index (χ4n) is 3.68. The van der Waals surface area contributed by atoms with Crippen molar-refractivity contribution < 1.29 is 13.2 Å². The Hall–Kier alpha value is -1.94. The molecule has 1 saturated carbocycles. The number of benzene rings is 2. The Bertz CT molecular complexity index is 890. The first kappa shape index (κ1) is 17.9. The van der Waals surface area contributed by atoms with Gasteiger partial charge in [0.1, 0.15) is 4.75 Å². The van der Waals surface area contributed by atoms with E-state index < -0.39 is 14.6 Å². The van der Waals surface area contributed by atoms with E-state index in [2.05, 4.69) is 0 Å². The average molecular weight is 356 g/mol. The average Bonchev–Trinajstić information content (AvgIpc) is 3.33. The van der Waals surface area contributed by atoms with Gasteiger partial charge in [-0.2, -0.15) is 0 Å². The zero-order chi connectivity index (χ0) is 18.5. The van der Waals surface area contributed by atoms with Crippen molar-refractivity contribution in [3.63, 3.8) is 0 Å². The van der Waals surface area contributed by atoms with Crippen molar-refractivity contribution in [2.45, 2.75) is 43.8 Å².